The fraction of sp³-hybridized carbons (Fsp3) is 0.833. The molecule has 4 nitrogen and oxygen atoms in total. The van der Waals surface area contributed by atoms with E-state index in [0.717, 1.165) is 19.5 Å². The Bertz CT molecular complexity index is 163. The summed E-state index contributed by atoms with van der Waals surface area (Å²) in [5, 5.41) is 5.81. The van der Waals surface area contributed by atoms with Gasteiger partial charge in [0.25, 0.3) is 0 Å². The Labute approximate surface area is 58.9 Å². The fourth-order valence-electron chi connectivity index (χ4n) is 1.46. The zero-order valence-electron chi connectivity index (χ0n) is 5.64. The molecule has 0 saturated carbocycles. The Hall–Kier alpha value is -0.770. The molecule has 0 aromatic carbocycles. The summed E-state index contributed by atoms with van der Waals surface area (Å²) in [6, 6.07) is 0. The maximum absolute atomic E-state index is 10.6. The van der Waals surface area contributed by atoms with E-state index in [2.05, 4.69) is 10.6 Å². The van der Waals surface area contributed by atoms with Crippen LogP contribution >= 0.6 is 0 Å². The normalized spacial score (nSPS) is 38.2. The largest absolute Gasteiger partial charge is 0.440 e. The number of ether oxygens (including phenoxy) is 1. The third kappa shape index (κ3) is 0.759. The third-order valence-electron chi connectivity index (χ3n) is 2.07. The molecule has 2 fully saturated rings. The molecule has 2 saturated heterocycles. The molecule has 2 aliphatic rings. The van der Waals surface area contributed by atoms with Gasteiger partial charge in [0.2, 0.25) is 0 Å². The van der Waals surface area contributed by atoms with Crippen molar-refractivity contribution < 1.29 is 9.53 Å². The van der Waals surface area contributed by atoms with Crippen molar-refractivity contribution in [2.24, 2.45) is 0 Å². The number of alkyl carbamates (subject to hydrolysis) is 1. The fourth-order valence-corrected chi connectivity index (χ4v) is 1.46. The topological polar surface area (TPSA) is 50.4 Å². The molecule has 10 heavy (non-hydrogen) atoms. The van der Waals surface area contributed by atoms with Gasteiger partial charge >= 0.3 is 6.09 Å². The Morgan fingerprint density at radius 1 is 1.50 bits per heavy atom. The quantitative estimate of drug-likeness (QED) is 0.477. The van der Waals surface area contributed by atoms with E-state index in [0.29, 0.717) is 6.54 Å². The van der Waals surface area contributed by atoms with Gasteiger partial charge in [0.1, 0.15) is 5.60 Å². The van der Waals surface area contributed by atoms with E-state index in [4.69, 9.17) is 4.74 Å². The minimum Gasteiger partial charge on any atom is -0.440 e. The van der Waals surface area contributed by atoms with E-state index in [1.165, 1.54) is 0 Å². The summed E-state index contributed by atoms with van der Waals surface area (Å²) >= 11 is 0. The predicted molar refractivity (Wildman–Crippen MR) is 34.7 cm³/mol. The van der Waals surface area contributed by atoms with E-state index >= 15 is 0 Å². The number of hydrogen-bond donors (Lipinski definition) is 2. The molecule has 2 N–H and O–H groups in total. The van der Waals surface area contributed by atoms with Gasteiger partial charge in [0.15, 0.2) is 0 Å². The predicted octanol–water partition coefficient (Wildman–Crippen LogP) is -0.542. The number of amides is 1. The standard InChI is InChI=1S/C6H10N2O2/c9-5-8-4-6(10-5)1-2-7-3-6/h7H,1-4H2,(H,8,9)/t6-/m0/s1. The molecule has 1 atom stereocenters. The van der Waals surface area contributed by atoms with Gasteiger partial charge in [-0.05, 0) is 6.54 Å². The van der Waals surface area contributed by atoms with Crippen molar-refractivity contribution >= 4 is 6.09 Å². The lowest BCUT2D eigenvalue weighted by atomic mass is 10.1. The van der Waals surface area contributed by atoms with Crippen molar-refractivity contribution in [1.29, 1.82) is 0 Å². The molecule has 1 spiro atoms. The number of nitrogens with one attached hydrogen (secondary N) is 2. The minimum absolute atomic E-state index is 0.211. The second-order valence-electron chi connectivity index (χ2n) is 2.85. The molecule has 4 heteroatoms. The summed E-state index contributed by atoms with van der Waals surface area (Å²) in [5.41, 5.74) is -0.211. The molecule has 1 amide bonds. The van der Waals surface area contributed by atoms with Crippen LogP contribution in [0.5, 0.6) is 0 Å². The highest BCUT2D eigenvalue weighted by molar-refractivity contribution is 5.70. The highest BCUT2D eigenvalue weighted by Gasteiger charge is 2.42. The molecule has 56 valence electrons. The van der Waals surface area contributed by atoms with Crippen molar-refractivity contribution in [2.75, 3.05) is 19.6 Å². The van der Waals surface area contributed by atoms with Crippen molar-refractivity contribution in [1.82, 2.24) is 10.6 Å². The molecule has 0 aromatic rings. The molecule has 0 aliphatic carbocycles. The van der Waals surface area contributed by atoms with Gasteiger partial charge in [-0.1, -0.05) is 0 Å². The lowest BCUT2D eigenvalue weighted by molar-refractivity contribution is 0.0732. The summed E-state index contributed by atoms with van der Waals surface area (Å²) in [5.74, 6) is 0. The second-order valence-corrected chi connectivity index (χ2v) is 2.85. The first-order valence-electron chi connectivity index (χ1n) is 3.48. The van der Waals surface area contributed by atoms with E-state index in [9.17, 15) is 4.79 Å². The van der Waals surface area contributed by atoms with Crippen LogP contribution in [-0.4, -0.2) is 31.3 Å². The molecule has 0 bridgehead atoms. The minimum atomic E-state index is -0.274. The van der Waals surface area contributed by atoms with Gasteiger partial charge in [0, 0.05) is 13.0 Å². The van der Waals surface area contributed by atoms with Crippen LogP contribution in [-0.2, 0) is 4.74 Å². The van der Waals surface area contributed by atoms with Crippen LogP contribution in [0.4, 0.5) is 4.79 Å². The maximum atomic E-state index is 10.6. The molecular weight excluding hydrogens is 132 g/mol. The van der Waals surface area contributed by atoms with Crippen LogP contribution < -0.4 is 10.6 Å². The molecule has 2 heterocycles. The SMILES string of the molecule is O=C1NC[C@@]2(CCNC2)O1. The third-order valence-corrected chi connectivity index (χ3v) is 2.07. The monoisotopic (exact) mass is 142 g/mol. The average molecular weight is 142 g/mol. The summed E-state index contributed by atoms with van der Waals surface area (Å²) in [7, 11) is 0. The van der Waals surface area contributed by atoms with E-state index < -0.39 is 0 Å². The van der Waals surface area contributed by atoms with Crippen LogP contribution in [0.15, 0.2) is 0 Å². The van der Waals surface area contributed by atoms with Gasteiger partial charge in [-0.2, -0.15) is 0 Å². The average Bonchev–Trinajstić information content (AvgIpc) is 2.46. The van der Waals surface area contributed by atoms with Crippen LogP contribution in [0.3, 0.4) is 0 Å². The van der Waals surface area contributed by atoms with Crippen LogP contribution in [0.2, 0.25) is 0 Å². The van der Waals surface area contributed by atoms with Crippen molar-refractivity contribution in [3.8, 4) is 0 Å². The van der Waals surface area contributed by atoms with E-state index in [1.54, 1.807) is 0 Å². The number of carbonyl (C=O) groups excluding carboxylic acids is 1. The number of carbonyl (C=O) groups is 1. The molecule has 0 radical (unpaired) electrons. The van der Waals surface area contributed by atoms with Gasteiger partial charge in [-0.15, -0.1) is 0 Å². The molecule has 0 unspecified atom stereocenters. The highest BCUT2D eigenvalue weighted by Crippen LogP contribution is 2.22. The van der Waals surface area contributed by atoms with Gasteiger partial charge in [-0.3, -0.25) is 0 Å². The first-order valence-corrected chi connectivity index (χ1v) is 3.48. The zero-order valence-corrected chi connectivity index (χ0v) is 5.64. The summed E-state index contributed by atoms with van der Waals surface area (Å²) in [4.78, 5) is 10.6. The molecule has 0 aromatic heterocycles. The Morgan fingerprint density at radius 3 is 2.90 bits per heavy atom. The second kappa shape index (κ2) is 1.85. The van der Waals surface area contributed by atoms with Crippen LogP contribution in [0.25, 0.3) is 0 Å². The highest BCUT2D eigenvalue weighted by atomic mass is 16.6. The molecular formula is C6H10N2O2. The first kappa shape index (κ1) is 5.97. The summed E-state index contributed by atoms with van der Waals surface area (Å²) < 4.78 is 5.10. The molecule has 2 rings (SSSR count). The first-order chi connectivity index (χ1) is 4.81. The smallest absolute Gasteiger partial charge is 0.407 e. The van der Waals surface area contributed by atoms with E-state index in [-0.39, 0.29) is 11.7 Å². The van der Waals surface area contributed by atoms with Crippen LogP contribution in [0, 0.1) is 0 Å². The van der Waals surface area contributed by atoms with Gasteiger partial charge < -0.3 is 15.4 Å². The Kier molecular flexibility index (Phi) is 1.11. The zero-order chi connectivity index (χ0) is 7.03. The van der Waals surface area contributed by atoms with Crippen LogP contribution in [0.1, 0.15) is 6.42 Å². The van der Waals surface area contributed by atoms with Crippen molar-refractivity contribution in [3.05, 3.63) is 0 Å². The van der Waals surface area contributed by atoms with Gasteiger partial charge in [0.05, 0.1) is 6.54 Å². The summed E-state index contributed by atoms with van der Waals surface area (Å²) in [6.07, 6.45) is 0.662. The Morgan fingerprint density at radius 2 is 2.40 bits per heavy atom. The lowest BCUT2D eigenvalue weighted by Gasteiger charge is -2.17. The molecule has 2 aliphatic heterocycles. The summed E-state index contributed by atoms with van der Waals surface area (Å²) in [6.45, 7) is 2.42. The number of rotatable bonds is 0. The Balaban J connectivity index is 2.09. The van der Waals surface area contributed by atoms with E-state index in [1.807, 2.05) is 0 Å². The van der Waals surface area contributed by atoms with Gasteiger partial charge in [-0.25, -0.2) is 4.79 Å². The lowest BCUT2D eigenvalue weighted by Crippen LogP contribution is -2.35. The van der Waals surface area contributed by atoms with Crippen molar-refractivity contribution in [2.45, 2.75) is 12.0 Å². The maximum Gasteiger partial charge on any atom is 0.407 e. The number of hydrogen-bond acceptors (Lipinski definition) is 3. The van der Waals surface area contributed by atoms with Crippen molar-refractivity contribution in [3.63, 3.8) is 0 Å².